The Balaban J connectivity index is 2.17. The third-order valence-corrected chi connectivity index (χ3v) is 4.10. The Kier molecular flexibility index (Phi) is 4.36. The molecule has 0 spiro atoms. The molecule has 7 heteroatoms. The minimum absolute atomic E-state index is 0.0119. The van der Waals surface area contributed by atoms with Crippen molar-refractivity contribution in [3.8, 4) is 0 Å². The van der Waals surface area contributed by atoms with Crippen molar-refractivity contribution < 1.29 is 9.72 Å². The molecule has 0 aliphatic rings. The first kappa shape index (κ1) is 14.5. The Morgan fingerprint density at radius 3 is 2.80 bits per heavy atom. The summed E-state index contributed by atoms with van der Waals surface area (Å²) in [5.41, 5.74) is -0.0624. The highest BCUT2D eigenvalue weighted by Gasteiger charge is 2.18. The number of amides is 1. The van der Waals surface area contributed by atoms with Gasteiger partial charge in [0.25, 0.3) is 11.6 Å². The number of carbonyl (C=O) groups is 1. The van der Waals surface area contributed by atoms with Crippen LogP contribution in [0.5, 0.6) is 0 Å². The minimum Gasteiger partial charge on any atom is -0.345 e. The molecule has 1 aromatic heterocycles. The average Bonchev–Trinajstić information content (AvgIpc) is 2.92. The van der Waals surface area contributed by atoms with Crippen molar-refractivity contribution in [3.05, 3.63) is 61.3 Å². The van der Waals surface area contributed by atoms with Gasteiger partial charge in [0.05, 0.1) is 11.0 Å². The predicted octanol–water partition coefficient (Wildman–Crippen LogP) is 3.80. The molecule has 20 heavy (non-hydrogen) atoms. The normalized spacial score (nSPS) is 11.9. The van der Waals surface area contributed by atoms with Gasteiger partial charge < -0.3 is 5.32 Å². The van der Waals surface area contributed by atoms with Crippen molar-refractivity contribution in [3.63, 3.8) is 0 Å². The third kappa shape index (κ3) is 3.15. The molecular formula is C13H11ClN2O3S. The number of nitro benzene ring substituents is 1. The van der Waals surface area contributed by atoms with Crippen LogP contribution in [0.3, 0.4) is 0 Å². The number of thiophene rings is 1. The van der Waals surface area contributed by atoms with Gasteiger partial charge in [-0.1, -0.05) is 17.7 Å². The van der Waals surface area contributed by atoms with Crippen LogP contribution in [0.25, 0.3) is 0 Å². The van der Waals surface area contributed by atoms with Gasteiger partial charge >= 0.3 is 0 Å². The van der Waals surface area contributed by atoms with E-state index in [9.17, 15) is 14.9 Å². The zero-order valence-electron chi connectivity index (χ0n) is 10.5. The van der Waals surface area contributed by atoms with Crippen LogP contribution in [0, 0.1) is 10.1 Å². The second-order valence-corrected chi connectivity index (χ2v) is 5.52. The Morgan fingerprint density at radius 2 is 2.20 bits per heavy atom. The largest absolute Gasteiger partial charge is 0.345 e. The van der Waals surface area contributed by atoms with Gasteiger partial charge in [-0.15, -0.1) is 11.3 Å². The van der Waals surface area contributed by atoms with Crippen LogP contribution in [0.4, 0.5) is 5.69 Å². The first-order valence-corrected chi connectivity index (χ1v) is 7.03. The van der Waals surface area contributed by atoms with E-state index in [1.807, 2.05) is 24.4 Å². The van der Waals surface area contributed by atoms with E-state index in [1.165, 1.54) is 29.5 Å². The number of nitrogens with zero attached hydrogens (tertiary/aromatic N) is 1. The Hall–Kier alpha value is -1.92. The van der Waals surface area contributed by atoms with Gasteiger partial charge in [0.15, 0.2) is 0 Å². The minimum atomic E-state index is -0.609. The molecule has 1 aromatic carbocycles. The van der Waals surface area contributed by atoms with E-state index in [-0.39, 0.29) is 28.2 Å². The molecule has 0 bridgehead atoms. The molecule has 2 aromatic rings. The highest BCUT2D eigenvalue weighted by molar-refractivity contribution is 7.10. The number of rotatable bonds is 4. The van der Waals surface area contributed by atoms with Crippen molar-refractivity contribution in [2.45, 2.75) is 13.0 Å². The zero-order chi connectivity index (χ0) is 14.7. The van der Waals surface area contributed by atoms with E-state index in [0.717, 1.165) is 4.88 Å². The molecule has 0 saturated carbocycles. The third-order valence-electron chi connectivity index (χ3n) is 2.72. The molecule has 1 unspecified atom stereocenters. The standard InChI is InChI=1S/C13H11ClN2O3S/c1-8(12-3-2-6-20-12)15-13(17)9-4-5-10(14)11(7-9)16(18)19/h2-8H,1H3,(H,15,17). The first-order valence-electron chi connectivity index (χ1n) is 5.77. The fourth-order valence-electron chi connectivity index (χ4n) is 1.68. The van der Waals surface area contributed by atoms with Crippen molar-refractivity contribution in [2.75, 3.05) is 0 Å². The maximum Gasteiger partial charge on any atom is 0.288 e. The summed E-state index contributed by atoms with van der Waals surface area (Å²) in [5, 5.41) is 15.5. The van der Waals surface area contributed by atoms with E-state index in [1.54, 1.807) is 0 Å². The van der Waals surface area contributed by atoms with Gasteiger partial charge in [-0.25, -0.2) is 0 Å². The van der Waals surface area contributed by atoms with Crippen LogP contribution in [0.15, 0.2) is 35.7 Å². The number of benzene rings is 1. The number of hydrogen-bond acceptors (Lipinski definition) is 4. The second-order valence-electron chi connectivity index (χ2n) is 4.13. The molecule has 0 aliphatic heterocycles. The van der Waals surface area contributed by atoms with Crippen LogP contribution in [0.1, 0.15) is 28.2 Å². The van der Waals surface area contributed by atoms with Crippen LogP contribution in [-0.2, 0) is 0 Å². The highest BCUT2D eigenvalue weighted by atomic mass is 35.5. The van der Waals surface area contributed by atoms with Crippen LogP contribution in [0.2, 0.25) is 5.02 Å². The lowest BCUT2D eigenvalue weighted by atomic mass is 10.1. The van der Waals surface area contributed by atoms with E-state index < -0.39 is 4.92 Å². The van der Waals surface area contributed by atoms with Gasteiger partial charge in [-0.05, 0) is 30.5 Å². The number of nitro groups is 1. The van der Waals surface area contributed by atoms with Gasteiger partial charge in [0, 0.05) is 16.5 Å². The molecule has 0 aliphatic carbocycles. The summed E-state index contributed by atoms with van der Waals surface area (Å²) in [7, 11) is 0. The Morgan fingerprint density at radius 1 is 1.45 bits per heavy atom. The first-order chi connectivity index (χ1) is 9.49. The molecule has 1 atom stereocenters. The molecule has 0 radical (unpaired) electrons. The zero-order valence-corrected chi connectivity index (χ0v) is 12.1. The molecule has 0 fully saturated rings. The van der Waals surface area contributed by atoms with Crippen molar-refractivity contribution in [2.24, 2.45) is 0 Å². The van der Waals surface area contributed by atoms with Crippen molar-refractivity contribution in [1.82, 2.24) is 5.32 Å². The maximum absolute atomic E-state index is 12.1. The number of hydrogen-bond donors (Lipinski definition) is 1. The van der Waals surface area contributed by atoms with Crippen molar-refractivity contribution in [1.29, 1.82) is 0 Å². The van der Waals surface area contributed by atoms with E-state index in [4.69, 9.17) is 11.6 Å². The van der Waals surface area contributed by atoms with E-state index in [2.05, 4.69) is 5.32 Å². The summed E-state index contributed by atoms with van der Waals surface area (Å²) in [4.78, 5) is 23.3. The molecular weight excluding hydrogens is 300 g/mol. The SMILES string of the molecule is CC(NC(=O)c1ccc(Cl)c([N+](=O)[O-])c1)c1cccs1. The summed E-state index contributed by atoms with van der Waals surface area (Å²) in [6, 6.07) is 7.65. The predicted molar refractivity (Wildman–Crippen MR) is 78.3 cm³/mol. The summed E-state index contributed by atoms with van der Waals surface area (Å²) in [6.45, 7) is 1.86. The second kappa shape index (κ2) is 6.02. The number of halogens is 1. The average molecular weight is 311 g/mol. The summed E-state index contributed by atoms with van der Waals surface area (Å²) in [6.07, 6.45) is 0. The quantitative estimate of drug-likeness (QED) is 0.689. The number of nitrogens with one attached hydrogen (secondary N) is 1. The van der Waals surface area contributed by atoms with Crippen LogP contribution < -0.4 is 5.32 Å². The van der Waals surface area contributed by atoms with Gasteiger partial charge in [-0.3, -0.25) is 14.9 Å². The highest BCUT2D eigenvalue weighted by Crippen LogP contribution is 2.25. The maximum atomic E-state index is 12.1. The van der Waals surface area contributed by atoms with Crippen molar-refractivity contribution >= 4 is 34.5 Å². The molecule has 1 heterocycles. The molecule has 5 nitrogen and oxygen atoms in total. The summed E-state index contributed by atoms with van der Waals surface area (Å²) in [5.74, 6) is -0.370. The Labute approximate surface area is 124 Å². The lowest BCUT2D eigenvalue weighted by Crippen LogP contribution is -2.26. The van der Waals surface area contributed by atoms with E-state index in [0.29, 0.717) is 0 Å². The smallest absolute Gasteiger partial charge is 0.288 e. The molecule has 0 saturated heterocycles. The fourth-order valence-corrected chi connectivity index (χ4v) is 2.60. The molecule has 2 rings (SSSR count). The lowest BCUT2D eigenvalue weighted by Gasteiger charge is -2.12. The summed E-state index contributed by atoms with van der Waals surface area (Å²) < 4.78 is 0. The van der Waals surface area contributed by atoms with Gasteiger partial charge in [-0.2, -0.15) is 0 Å². The van der Waals surface area contributed by atoms with Gasteiger partial charge in [0.2, 0.25) is 0 Å². The van der Waals surface area contributed by atoms with Gasteiger partial charge in [0.1, 0.15) is 5.02 Å². The number of carbonyl (C=O) groups excluding carboxylic acids is 1. The van der Waals surface area contributed by atoms with Crippen LogP contribution in [-0.4, -0.2) is 10.8 Å². The Bertz CT molecular complexity index is 643. The summed E-state index contributed by atoms with van der Waals surface area (Å²) >= 11 is 7.25. The lowest BCUT2D eigenvalue weighted by molar-refractivity contribution is -0.384. The van der Waals surface area contributed by atoms with Crippen LogP contribution >= 0.6 is 22.9 Å². The molecule has 1 amide bonds. The molecule has 1 N–H and O–H groups in total. The topological polar surface area (TPSA) is 72.2 Å². The van der Waals surface area contributed by atoms with E-state index >= 15 is 0 Å². The monoisotopic (exact) mass is 310 g/mol. The molecule has 104 valence electrons. The fraction of sp³-hybridized carbons (Fsp3) is 0.154.